The van der Waals surface area contributed by atoms with Gasteiger partial charge in [0.15, 0.2) is 5.69 Å². The number of anilines is 1. The van der Waals surface area contributed by atoms with Crippen LogP contribution in [0, 0.1) is 0 Å². The van der Waals surface area contributed by atoms with Crippen LogP contribution in [0.1, 0.15) is 17.7 Å². The first kappa shape index (κ1) is 25.1. The lowest BCUT2D eigenvalue weighted by Crippen LogP contribution is -2.29. The van der Waals surface area contributed by atoms with Crippen LogP contribution in [-0.2, 0) is 34.6 Å². The van der Waals surface area contributed by atoms with E-state index >= 15 is 0 Å². The fraction of sp³-hybridized carbons (Fsp3) is 0.471. The quantitative estimate of drug-likeness (QED) is 0.566. The Kier molecular flexibility index (Phi) is 7.70. The molecule has 0 bridgehead atoms. The molecule has 0 aliphatic rings. The molecule has 172 valence electrons. The third kappa shape index (κ3) is 6.17. The third-order valence-electron chi connectivity index (χ3n) is 4.20. The minimum absolute atomic E-state index is 0.0103. The number of rotatable bonds is 8. The van der Waals surface area contributed by atoms with Crippen LogP contribution in [0.15, 0.2) is 27.8 Å². The van der Waals surface area contributed by atoms with Gasteiger partial charge in [-0.05, 0) is 22.0 Å². The summed E-state index contributed by atoms with van der Waals surface area (Å²) in [6.07, 6.45) is -2.12. The number of halogens is 4. The molecule has 0 aromatic carbocycles. The molecule has 14 heteroatoms. The summed E-state index contributed by atoms with van der Waals surface area (Å²) < 4.78 is 68.0. The zero-order valence-corrected chi connectivity index (χ0v) is 19.6. The van der Waals surface area contributed by atoms with Gasteiger partial charge in [-0.2, -0.15) is 22.6 Å². The highest BCUT2D eigenvalue weighted by Crippen LogP contribution is 2.32. The lowest BCUT2D eigenvalue weighted by atomic mass is 10.2. The predicted molar refractivity (Wildman–Crippen MR) is 111 cm³/mol. The Morgan fingerprint density at radius 3 is 2.52 bits per heavy atom. The molecule has 0 atom stereocenters. The molecule has 0 spiro atoms. The summed E-state index contributed by atoms with van der Waals surface area (Å²) in [6, 6.07) is 1.29. The highest BCUT2D eigenvalue weighted by Gasteiger charge is 2.38. The van der Waals surface area contributed by atoms with E-state index in [9.17, 15) is 26.4 Å². The van der Waals surface area contributed by atoms with E-state index < -0.39 is 28.4 Å². The molecule has 2 rings (SSSR count). The third-order valence-corrected chi connectivity index (χ3v) is 6.45. The lowest BCUT2D eigenvalue weighted by Gasteiger charge is -2.20. The number of pyridine rings is 1. The van der Waals surface area contributed by atoms with Crippen LogP contribution < -0.4 is 5.32 Å². The largest absolute Gasteiger partial charge is 0.435 e. The summed E-state index contributed by atoms with van der Waals surface area (Å²) >= 11 is 3.16. The van der Waals surface area contributed by atoms with Crippen LogP contribution in [-0.4, -0.2) is 66.0 Å². The van der Waals surface area contributed by atoms with E-state index in [1.54, 1.807) is 14.1 Å². The Morgan fingerprint density at radius 1 is 1.29 bits per heavy atom. The molecule has 2 heterocycles. The number of alkyl halides is 3. The van der Waals surface area contributed by atoms with Crippen LogP contribution in [0.25, 0.3) is 0 Å². The number of sulfonamides is 1. The molecule has 1 N–H and O–H groups in total. The maximum absolute atomic E-state index is 13.2. The fourth-order valence-electron chi connectivity index (χ4n) is 2.65. The van der Waals surface area contributed by atoms with Crippen molar-refractivity contribution in [1.82, 2.24) is 24.0 Å². The SMILES string of the molecule is CN(C)C(=O)CCNc1ncc(Br)cc1S(=O)(=O)N(C)Cc1cn(C)nc1C(F)(F)F. The van der Waals surface area contributed by atoms with Crippen molar-refractivity contribution in [3.8, 4) is 0 Å². The van der Waals surface area contributed by atoms with Crippen molar-refractivity contribution in [1.29, 1.82) is 0 Å². The van der Waals surface area contributed by atoms with Crippen molar-refractivity contribution < 1.29 is 26.4 Å². The second-order valence-corrected chi connectivity index (χ2v) is 9.83. The summed E-state index contributed by atoms with van der Waals surface area (Å²) in [5, 5.41) is 6.20. The van der Waals surface area contributed by atoms with E-state index in [0.29, 0.717) is 4.47 Å². The molecule has 0 unspecified atom stereocenters. The van der Waals surface area contributed by atoms with Crippen LogP contribution in [0.5, 0.6) is 0 Å². The van der Waals surface area contributed by atoms with Crippen molar-refractivity contribution in [2.24, 2.45) is 7.05 Å². The Bertz CT molecular complexity index is 1060. The van der Waals surface area contributed by atoms with Crippen LogP contribution in [0.2, 0.25) is 0 Å². The van der Waals surface area contributed by atoms with Crippen molar-refractivity contribution in [3.63, 3.8) is 0 Å². The number of carbonyl (C=O) groups is 1. The Hall–Kier alpha value is -2.19. The van der Waals surface area contributed by atoms with Crippen LogP contribution in [0.4, 0.5) is 19.0 Å². The number of aryl methyl sites for hydroxylation is 1. The zero-order valence-electron chi connectivity index (χ0n) is 17.2. The fourth-order valence-corrected chi connectivity index (χ4v) is 4.42. The van der Waals surface area contributed by atoms with E-state index in [4.69, 9.17) is 0 Å². The minimum atomic E-state index is -4.72. The molecule has 2 aromatic heterocycles. The van der Waals surface area contributed by atoms with Gasteiger partial charge >= 0.3 is 6.18 Å². The predicted octanol–water partition coefficient (Wildman–Crippen LogP) is 2.31. The highest BCUT2D eigenvalue weighted by molar-refractivity contribution is 9.10. The van der Waals surface area contributed by atoms with Gasteiger partial charge in [-0.25, -0.2) is 13.4 Å². The molecule has 0 aliphatic heterocycles. The number of aromatic nitrogens is 3. The number of nitrogens with zero attached hydrogens (tertiary/aromatic N) is 5. The second-order valence-electron chi connectivity index (χ2n) is 6.90. The van der Waals surface area contributed by atoms with Gasteiger partial charge in [0, 0.05) is 70.1 Å². The van der Waals surface area contributed by atoms with E-state index in [2.05, 4.69) is 31.3 Å². The standard InChI is InChI=1S/C17H22BrF3N6O3S/c1-25(2)14(28)5-6-22-16-13(7-12(18)8-23-16)31(29,30)27(4)10-11-9-26(3)24-15(11)17(19,20)21/h7-9H,5-6,10H2,1-4H3,(H,22,23). The molecule has 2 aromatic rings. The summed E-state index contributed by atoms with van der Waals surface area (Å²) in [4.78, 5) is 16.9. The number of amides is 1. The molecule has 0 aliphatic carbocycles. The van der Waals surface area contributed by atoms with Crippen molar-refractivity contribution in [2.75, 3.05) is 33.0 Å². The van der Waals surface area contributed by atoms with Crippen molar-refractivity contribution in [2.45, 2.75) is 24.0 Å². The van der Waals surface area contributed by atoms with Gasteiger partial charge in [0.1, 0.15) is 10.7 Å². The van der Waals surface area contributed by atoms with E-state index in [0.717, 1.165) is 15.2 Å². The highest BCUT2D eigenvalue weighted by atomic mass is 79.9. The normalized spacial score (nSPS) is 12.3. The van der Waals surface area contributed by atoms with Gasteiger partial charge in [-0.1, -0.05) is 0 Å². The molecule has 0 saturated heterocycles. The van der Waals surface area contributed by atoms with Gasteiger partial charge in [-0.15, -0.1) is 0 Å². The molecule has 31 heavy (non-hydrogen) atoms. The Morgan fingerprint density at radius 2 is 1.94 bits per heavy atom. The first-order valence-electron chi connectivity index (χ1n) is 8.89. The summed E-state index contributed by atoms with van der Waals surface area (Å²) in [6.45, 7) is -0.422. The molecule has 1 amide bonds. The maximum Gasteiger partial charge on any atom is 0.435 e. The monoisotopic (exact) mass is 526 g/mol. The van der Waals surface area contributed by atoms with E-state index in [1.807, 2.05) is 0 Å². The average Bonchev–Trinajstić information content (AvgIpc) is 3.03. The van der Waals surface area contributed by atoms with E-state index in [-0.39, 0.29) is 35.1 Å². The number of hydrogen-bond donors (Lipinski definition) is 1. The topological polar surface area (TPSA) is 100 Å². The van der Waals surface area contributed by atoms with Gasteiger partial charge in [0.2, 0.25) is 15.9 Å². The summed E-state index contributed by atoms with van der Waals surface area (Å²) in [5.41, 5.74) is -1.43. The number of hydrogen-bond acceptors (Lipinski definition) is 6. The minimum Gasteiger partial charge on any atom is -0.368 e. The zero-order chi connectivity index (χ0) is 23.6. The van der Waals surface area contributed by atoms with Gasteiger partial charge in [0.25, 0.3) is 0 Å². The first-order chi connectivity index (χ1) is 14.2. The number of carbonyl (C=O) groups excluding carboxylic acids is 1. The molecule has 0 fully saturated rings. The van der Waals surface area contributed by atoms with Crippen LogP contribution in [0.3, 0.4) is 0 Å². The van der Waals surface area contributed by atoms with E-state index in [1.165, 1.54) is 31.3 Å². The van der Waals surface area contributed by atoms with Gasteiger partial charge in [-0.3, -0.25) is 9.48 Å². The van der Waals surface area contributed by atoms with Crippen LogP contribution >= 0.6 is 15.9 Å². The smallest absolute Gasteiger partial charge is 0.368 e. The summed E-state index contributed by atoms with van der Waals surface area (Å²) in [7, 11) is 1.45. The molecule has 0 saturated carbocycles. The second kappa shape index (κ2) is 9.53. The Balaban J connectivity index is 2.31. The maximum atomic E-state index is 13.2. The average molecular weight is 527 g/mol. The molecular formula is C17H22BrF3N6O3S. The lowest BCUT2D eigenvalue weighted by molar-refractivity contribution is -0.142. The molecule has 9 nitrogen and oxygen atoms in total. The first-order valence-corrected chi connectivity index (χ1v) is 11.1. The van der Waals surface area contributed by atoms with Gasteiger partial charge in [0.05, 0.1) is 0 Å². The van der Waals surface area contributed by atoms with Crippen molar-refractivity contribution in [3.05, 3.63) is 34.2 Å². The number of nitrogens with one attached hydrogen (secondary N) is 1. The van der Waals surface area contributed by atoms with Gasteiger partial charge < -0.3 is 10.2 Å². The Labute approximate surface area is 186 Å². The molecule has 0 radical (unpaired) electrons. The molecular weight excluding hydrogens is 505 g/mol. The van der Waals surface area contributed by atoms with Crippen molar-refractivity contribution >= 4 is 37.7 Å². The summed E-state index contributed by atoms with van der Waals surface area (Å²) in [5.74, 6) is -0.175.